The molecule has 0 unspecified atom stereocenters. The molecule has 276 valence electrons. The SMILES string of the molecule is CCCCC/C=C\C/C=C\CCCCCCCCC1(CCCCCCCC/C=C\C/C=C\CCCCC)CC2(C1)O[C@@H]1CN(C)C[C@H]1O2. The third-order valence-electron chi connectivity index (χ3n) is 11.2. The molecule has 0 amide bonds. The zero-order chi connectivity index (χ0) is 34.0. The van der Waals surface area contributed by atoms with Crippen molar-refractivity contribution in [2.45, 2.75) is 212 Å². The molecular weight excluding hydrogens is 587 g/mol. The van der Waals surface area contributed by atoms with E-state index in [2.05, 4.69) is 74.4 Å². The number of fused-ring (bicyclic) bond motifs is 1. The van der Waals surface area contributed by atoms with Gasteiger partial charge in [-0.25, -0.2) is 0 Å². The van der Waals surface area contributed by atoms with Gasteiger partial charge < -0.3 is 14.4 Å². The van der Waals surface area contributed by atoms with Crippen LogP contribution in [0, 0.1) is 5.41 Å². The van der Waals surface area contributed by atoms with Gasteiger partial charge in [-0.3, -0.25) is 0 Å². The fourth-order valence-electron chi connectivity index (χ4n) is 8.44. The molecule has 3 aliphatic rings. The van der Waals surface area contributed by atoms with Crippen molar-refractivity contribution in [1.29, 1.82) is 0 Å². The van der Waals surface area contributed by atoms with E-state index in [-0.39, 0.29) is 5.79 Å². The first-order chi connectivity index (χ1) is 23.6. The van der Waals surface area contributed by atoms with Gasteiger partial charge >= 0.3 is 0 Å². The maximum atomic E-state index is 6.62. The van der Waals surface area contributed by atoms with Gasteiger partial charge in [-0.1, -0.05) is 152 Å². The molecule has 1 saturated carbocycles. The van der Waals surface area contributed by atoms with Gasteiger partial charge in [0, 0.05) is 25.9 Å². The van der Waals surface area contributed by atoms with Crippen molar-refractivity contribution in [3.8, 4) is 0 Å². The van der Waals surface area contributed by atoms with Crippen molar-refractivity contribution in [2.75, 3.05) is 20.1 Å². The minimum Gasteiger partial charge on any atom is -0.343 e. The largest absolute Gasteiger partial charge is 0.343 e. The van der Waals surface area contributed by atoms with E-state index in [0.717, 1.165) is 38.8 Å². The fraction of sp³-hybridized carbons (Fsp3) is 0.822. The number of unbranched alkanes of at least 4 members (excludes halogenated alkanes) is 18. The summed E-state index contributed by atoms with van der Waals surface area (Å²) in [4.78, 5) is 2.36. The average molecular weight is 666 g/mol. The number of likely N-dealkylation sites (tertiary alicyclic amines) is 1. The predicted molar refractivity (Wildman–Crippen MR) is 210 cm³/mol. The van der Waals surface area contributed by atoms with Crippen LogP contribution in [0.4, 0.5) is 0 Å². The van der Waals surface area contributed by atoms with E-state index in [0.29, 0.717) is 17.6 Å². The standard InChI is InChI=1S/C45H79NO2/c1-4-6-8-10-12-14-16-18-20-22-24-26-28-30-32-34-36-44(40-45(41-44)47-42-38-46(3)39-43(42)48-45)37-35-33-31-29-27-25-23-21-19-17-15-13-11-9-7-5-2/h12-15,18-21,42-43H,4-11,16-17,22-41H2,1-3H3/b14-12-,15-13-,20-18-,21-19-/t42-,43-/m1/s1. The highest BCUT2D eigenvalue weighted by molar-refractivity contribution is 5.06. The Morgan fingerprint density at radius 1 is 0.479 bits per heavy atom. The van der Waals surface area contributed by atoms with E-state index in [1.807, 2.05) is 0 Å². The van der Waals surface area contributed by atoms with E-state index in [4.69, 9.17) is 9.47 Å². The molecule has 2 atom stereocenters. The number of rotatable bonds is 30. The molecule has 1 spiro atoms. The number of allylic oxidation sites excluding steroid dienone is 8. The number of hydrogen-bond acceptors (Lipinski definition) is 3. The van der Waals surface area contributed by atoms with Crippen LogP contribution >= 0.6 is 0 Å². The van der Waals surface area contributed by atoms with Crippen LogP contribution in [0.15, 0.2) is 48.6 Å². The molecule has 3 heteroatoms. The molecule has 0 radical (unpaired) electrons. The summed E-state index contributed by atoms with van der Waals surface area (Å²) < 4.78 is 13.2. The highest BCUT2D eigenvalue weighted by Crippen LogP contribution is 2.60. The molecule has 0 aromatic carbocycles. The lowest BCUT2D eigenvalue weighted by molar-refractivity contribution is -0.281. The molecule has 3 fully saturated rings. The van der Waals surface area contributed by atoms with Gasteiger partial charge in [0.05, 0.1) is 0 Å². The zero-order valence-corrected chi connectivity index (χ0v) is 32.3. The van der Waals surface area contributed by atoms with Gasteiger partial charge in [-0.2, -0.15) is 0 Å². The van der Waals surface area contributed by atoms with Crippen LogP contribution in [0.3, 0.4) is 0 Å². The maximum absolute atomic E-state index is 6.62. The van der Waals surface area contributed by atoms with E-state index in [9.17, 15) is 0 Å². The third kappa shape index (κ3) is 17.2. The molecule has 1 aliphatic carbocycles. The van der Waals surface area contributed by atoms with Crippen molar-refractivity contribution < 1.29 is 9.47 Å². The highest BCUT2D eigenvalue weighted by atomic mass is 16.8. The number of ether oxygens (including phenoxy) is 2. The highest BCUT2D eigenvalue weighted by Gasteiger charge is 2.62. The van der Waals surface area contributed by atoms with E-state index < -0.39 is 0 Å². The Hall–Kier alpha value is -1.16. The third-order valence-corrected chi connectivity index (χ3v) is 11.2. The second-order valence-electron chi connectivity index (χ2n) is 16.0. The van der Waals surface area contributed by atoms with Gasteiger partial charge in [-0.05, 0) is 89.5 Å². The second-order valence-corrected chi connectivity index (χ2v) is 16.0. The van der Waals surface area contributed by atoms with Crippen LogP contribution in [0.5, 0.6) is 0 Å². The molecule has 0 aromatic rings. The van der Waals surface area contributed by atoms with Crippen LogP contribution in [0.25, 0.3) is 0 Å². The van der Waals surface area contributed by atoms with Crippen LogP contribution in [-0.4, -0.2) is 43.0 Å². The van der Waals surface area contributed by atoms with Crippen molar-refractivity contribution in [3.63, 3.8) is 0 Å². The molecule has 0 aromatic heterocycles. The number of likely N-dealkylation sites (N-methyl/N-ethyl adjacent to an activating group) is 1. The molecule has 3 rings (SSSR count). The molecule has 0 bridgehead atoms. The van der Waals surface area contributed by atoms with Crippen LogP contribution in [-0.2, 0) is 9.47 Å². The van der Waals surface area contributed by atoms with Crippen molar-refractivity contribution in [2.24, 2.45) is 5.41 Å². The lowest BCUT2D eigenvalue weighted by atomic mass is 9.59. The first kappa shape index (κ1) is 41.3. The van der Waals surface area contributed by atoms with E-state index in [1.165, 1.54) is 154 Å². The Morgan fingerprint density at radius 2 is 0.833 bits per heavy atom. The summed E-state index contributed by atoms with van der Waals surface area (Å²) in [5, 5.41) is 0. The van der Waals surface area contributed by atoms with Crippen molar-refractivity contribution >= 4 is 0 Å². The van der Waals surface area contributed by atoms with Gasteiger partial charge in [-0.15, -0.1) is 0 Å². The number of hydrogen-bond donors (Lipinski definition) is 0. The Bertz CT molecular complexity index is 831. The van der Waals surface area contributed by atoms with Gasteiger partial charge in [0.1, 0.15) is 12.2 Å². The summed E-state index contributed by atoms with van der Waals surface area (Å²) in [5.74, 6) is -0.243. The molecule has 2 saturated heterocycles. The average Bonchev–Trinajstić information content (AvgIpc) is 3.58. The van der Waals surface area contributed by atoms with Crippen molar-refractivity contribution in [1.82, 2.24) is 4.90 Å². The fourth-order valence-corrected chi connectivity index (χ4v) is 8.44. The lowest BCUT2D eigenvalue weighted by Gasteiger charge is -2.54. The van der Waals surface area contributed by atoms with Crippen LogP contribution in [0.2, 0.25) is 0 Å². The monoisotopic (exact) mass is 666 g/mol. The zero-order valence-electron chi connectivity index (χ0n) is 32.3. The molecule has 2 heterocycles. The quantitative estimate of drug-likeness (QED) is 0.0563. The summed E-state index contributed by atoms with van der Waals surface area (Å²) in [5.41, 5.74) is 0.467. The Morgan fingerprint density at radius 3 is 1.23 bits per heavy atom. The minimum absolute atomic E-state index is 0.243. The van der Waals surface area contributed by atoms with Crippen LogP contribution < -0.4 is 0 Å². The maximum Gasteiger partial charge on any atom is 0.170 e. The van der Waals surface area contributed by atoms with E-state index >= 15 is 0 Å². The van der Waals surface area contributed by atoms with Gasteiger partial charge in [0.15, 0.2) is 5.79 Å². The Kier molecular flexibility index (Phi) is 22.1. The summed E-state index contributed by atoms with van der Waals surface area (Å²) >= 11 is 0. The summed E-state index contributed by atoms with van der Waals surface area (Å²) in [6.45, 7) is 6.63. The molecular formula is C45H79NO2. The second kappa shape index (κ2) is 25.7. The molecule has 48 heavy (non-hydrogen) atoms. The van der Waals surface area contributed by atoms with Gasteiger partial charge in [0.2, 0.25) is 0 Å². The first-order valence-corrected chi connectivity index (χ1v) is 21.2. The lowest BCUT2D eigenvalue weighted by Crippen LogP contribution is -2.54. The number of nitrogens with zero attached hydrogens (tertiary/aromatic N) is 1. The molecule has 3 nitrogen and oxygen atoms in total. The Balaban J connectivity index is 1.22. The topological polar surface area (TPSA) is 21.7 Å². The molecule has 2 aliphatic heterocycles. The van der Waals surface area contributed by atoms with Crippen molar-refractivity contribution in [3.05, 3.63) is 48.6 Å². The summed E-state index contributed by atoms with van der Waals surface area (Å²) in [6.07, 6.45) is 56.5. The van der Waals surface area contributed by atoms with Crippen LogP contribution in [0.1, 0.15) is 194 Å². The normalized spacial score (nSPS) is 22.0. The minimum atomic E-state index is -0.243. The molecule has 0 N–H and O–H groups in total. The van der Waals surface area contributed by atoms with E-state index in [1.54, 1.807) is 0 Å². The first-order valence-electron chi connectivity index (χ1n) is 21.2. The smallest absolute Gasteiger partial charge is 0.170 e. The van der Waals surface area contributed by atoms with Gasteiger partial charge in [0.25, 0.3) is 0 Å². The summed E-state index contributed by atoms with van der Waals surface area (Å²) in [6, 6.07) is 0. The summed E-state index contributed by atoms with van der Waals surface area (Å²) in [7, 11) is 2.19. The Labute approximate surface area is 299 Å². The predicted octanol–water partition coefficient (Wildman–Crippen LogP) is 13.6.